The van der Waals surface area contributed by atoms with Gasteiger partial charge in [0.2, 0.25) is 0 Å². The average molecular weight is 384 g/mol. The molecule has 0 bridgehead atoms. The third-order valence-electron chi connectivity index (χ3n) is 3.73. The van der Waals surface area contributed by atoms with Gasteiger partial charge in [0.05, 0.1) is 15.5 Å². The van der Waals surface area contributed by atoms with Crippen LogP contribution in [0.3, 0.4) is 0 Å². The molecule has 1 aromatic heterocycles. The topological polar surface area (TPSA) is 128 Å². The summed E-state index contributed by atoms with van der Waals surface area (Å²) in [5.41, 5.74) is 1.60. The summed E-state index contributed by atoms with van der Waals surface area (Å²) >= 11 is 1.17. The average Bonchev–Trinajstić information content (AvgIpc) is 3.10. The Kier molecular flexibility index (Phi) is 4.90. The number of nitro benzene ring substituents is 2. The number of nitrogens with one attached hydrogen (secondary N) is 1. The molecule has 0 atom stereocenters. The van der Waals surface area contributed by atoms with E-state index in [9.17, 15) is 25.0 Å². The van der Waals surface area contributed by atoms with Crippen LogP contribution in [0.2, 0.25) is 0 Å². The third kappa shape index (κ3) is 3.96. The van der Waals surface area contributed by atoms with Crippen molar-refractivity contribution in [3.8, 4) is 11.3 Å². The van der Waals surface area contributed by atoms with Crippen LogP contribution >= 0.6 is 11.3 Å². The second-order valence-corrected chi connectivity index (χ2v) is 6.42. The second-order valence-electron chi connectivity index (χ2n) is 5.56. The Bertz CT molecular complexity index is 1060. The first kappa shape index (κ1) is 18.1. The molecular weight excluding hydrogens is 372 g/mol. The van der Waals surface area contributed by atoms with E-state index < -0.39 is 15.8 Å². The number of hydrogen-bond donors (Lipinski definition) is 1. The van der Waals surface area contributed by atoms with Crippen molar-refractivity contribution in [2.45, 2.75) is 6.92 Å². The van der Waals surface area contributed by atoms with E-state index in [1.165, 1.54) is 41.7 Å². The Hall–Kier alpha value is -3.66. The molecule has 1 amide bonds. The number of amides is 1. The van der Waals surface area contributed by atoms with Crippen LogP contribution in [-0.4, -0.2) is 20.7 Å². The van der Waals surface area contributed by atoms with Crippen molar-refractivity contribution in [3.05, 3.63) is 79.2 Å². The van der Waals surface area contributed by atoms with E-state index in [0.29, 0.717) is 22.0 Å². The Morgan fingerprint density at radius 2 is 1.89 bits per heavy atom. The van der Waals surface area contributed by atoms with Gasteiger partial charge in [-0.2, -0.15) is 0 Å². The molecule has 1 N–H and O–H groups in total. The molecule has 0 radical (unpaired) electrons. The zero-order valence-electron chi connectivity index (χ0n) is 13.9. The molecule has 0 spiro atoms. The first-order valence-corrected chi connectivity index (χ1v) is 8.50. The Labute approximate surface area is 156 Å². The molecule has 1 heterocycles. The van der Waals surface area contributed by atoms with Crippen molar-refractivity contribution in [2.24, 2.45) is 0 Å². The maximum absolute atomic E-state index is 12.3. The SMILES string of the molecule is Cc1cc(C(=O)Nc2nc(-c3cccc([N+](=O)[O-])c3)cs2)ccc1[N+](=O)[O-]. The molecule has 0 aliphatic heterocycles. The lowest BCUT2D eigenvalue weighted by Gasteiger charge is -2.03. The fraction of sp³-hybridized carbons (Fsp3) is 0.0588. The van der Waals surface area contributed by atoms with Gasteiger partial charge in [-0.15, -0.1) is 11.3 Å². The van der Waals surface area contributed by atoms with E-state index in [1.807, 2.05) is 0 Å². The Morgan fingerprint density at radius 1 is 1.11 bits per heavy atom. The van der Waals surface area contributed by atoms with Crippen LogP contribution in [0.15, 0.2) is 47.8 Å². The molecule has 9 nitrogen and oxygen atoms in total. The Balaban J connectivity index is 1.79. The number of nitro groups is 2. The van der Waals surface area contributed by atoms with Gasteiger partial charge >= 0.3 is 0 Å². The predicted molar refractivity (Wildman–Crippen MR) is 100.0 cm³/mol. The molecular formula is C17H12N4O5S. The summed E-state index contributed by atoms with van der Waals surface area (Å²) in [6.45, 7) is 1.55. The number of benzene rings is 2. The van der Waals surface area contributed by atoms with Crippen molar-refractivity contribution in [1.29, 1.82) is 0 Å². The molecule has 0 saturated heterocycles. The highest BCUT2D eigenvalue weighted by molar-refractivity contribution is 7.14. The number of hydrogen-bond acceptors (Lipinski definition) is 7. The molecule has 0 unspecified atom stereocenters. The van der Waals surface area contributed by atoms with Gasteiger partial charge in [0.1, 0.15) is 0 Å². The first-order chi connectivity index (χ1) is 12.8. The molecule has 0 aliphatic rings. The molecule has 3 rings (SSSR count). The lowest BCUT2D eigenvalue weighted by Crippen LogP contribution is -2.12. The fourth-order valence-corrected chi connectivity index (χ4v) is 3.13. The van der Waals surface area contributed by atoms with Crippen molar-refractivity contribution in [2.75, 3.05) is 5.32 Å². The summed E-state index contributed by atoms with van der Waals surface area (Å²) in [5.74, 6) is -0.451. The number of carbonyl (C=O) groups excluding carboxylic acids is 1. The normalized spacial score (nSPS) is 10.4. The van der Waals surface area contributed by atoms with E-state index in [1.54, 1.807) is 24.4 Å². The Morgan fingerprint density at radius 3 is 2.56 bits per heavy atom. The molecule has 3 aromatic rings. The van der Waals surface area contributed by atoms with Gasteiger partial charge in [-0.25, -0.2) is 4.98 Å². The highest BCUT2D eigenvalue weighted by atomic mass is 32.1. The lowest BCUT2D eigenvalue weighted by molar-refractivity contribution is -0.385. The van der Waals surface area contributed by atoms with Crippen LogP contribution < -0.4 is 5.32 Å². The van der Waals surface area contributed by atoms with Crippen molar-refractivity contribution < 1.29 is 14.6 Å². The van der Waals surface area contributed by atoms with E-state index >= 15 is 0 Å². The quantitative estimate of drug-likeness (QED) is 0.519. The zero-order valence-corrected chi connectivity index (χ0v) is 14.7. The van der Waals surface area contributed by atoms with Gasteiger partial charge in [0.15, 0.2) is 5.13 Å². The van der Waals surface area contributed by atoms with E-state index in [-0.39, 0.29) is 16.9 Å². The number of aromatic nitrogens is 1. The smallest absolute Gasteiger partial charge is 0.272 e. The summed E-state index contributed by atoms with van der Waals surface area (Å²) < 4.78 is 0. The minimum Gasteiger partial charge on any atom is -0.298 e. The molecule has 2 aromatic carbocycles. The summed E-state index contributed by atoms with van der Waals surface area (Å²) in [4.78, 5) is 37.3. The van der Waals surface area contributed by atoms with Crippen LogP contribution in [-0.2, 0) is 0 Å². The predicted octanol–water partition coefficient (Wildman–Crippen LogP) is 4.19. The third-order valence-corrected chi connectivity index (χ3v) is 4.49. The summed E-state index contributed by atoms with van der Waals surface area (Å²) in [5, 5.41) is 26.3. The van der Waals surface area contributed by atoms with Gasteiger partial charge in [-0.05, 0) is 19.1 Å². The standard InChI is InChI=1S/C17H12N4O5S/c1-10-7-12(5-6-15(10)21(25)26)16(22)19-17-18-14(9-27-17)11-3-2-4-13(8-11)20(23)24/h2-9H,1H3,(H,18,19,22). The number of carbonyl (C=O) groups is 1. The number of aryl methyl sites for hydroxylation is 1. The van der Waals surface area contributed by atoms with Crippen LogP contribution in [0.5, 0.6) is 0 Å². The molecule has 27 heavy (non-hydrogen) atoms. The number of anilines is 1. The van der Waals surface area contributed by atoms with Gasteiger partial charge in [-0.3, -0.25) is 30.3 Å². The highest BCUT2D eigenvalue weighted by Gasteiger charge is 2.15. The van der Waals surface area contributed by atoms with Gasteiger partial charge in [0.25, 0.3) is 17.3 Å². The van der Waals surface area contributed by atoms with Gasteiger partial charge in [0, 0.05) is 40.3 Å². The molecule has 0 saturated carbocycles. The number of nitrogens with zero attached hydrogens (tertiary/aromatic N) is 3. The van der Waals surface area contributed by atoms with E-state index in [2.05, 4.69) is 10.3 Å². The van der Waals surface area contributed by atoms with E-state index in [4.69, 9.17) is 0 Å². The van der Waals surface area contributed by atoms with E-state index in [0.717, 1.165) is 0 Å². The minimum atomic E-state index is -0.511. The zero-order chi connectivity index (χ0) is 19.6. The van der Waals surface area contributed by atoms with Crippen molar-refractivity contribution in [1.82, 2.24) is 4.98 Å². The highest BCUT2D eigenvalue weighted by Crippen LogP contribution is 2.28. The van der Waals surface area contributed by atoms with Crippen LogP contribution in [0, 0.1) is 27.2 Å². The number of thiazole rings is 1. The number of rotatable bonds is 5. The van der Waals surface area contributed by atoms with Gasteiger partial charge in [-0.1, -0.05) is 12.1 Å². The van der Waals surface area contributed by atoms with Crippen LogP contribution in [0.4, 0.5) is 16.5 Å². The molecule has 136 valence electrons. The molecule has 0 fully saturated rings. The monoisotopic (exact) mass is 384 g/mol. The summed E-state index contributed by atoms with van der Waals surface area (Å²) in [7, 11) is 0. The van der Waals surface area contributed by atoms with Gasteiger partial charge < -0.3 is 0 Å². The second kappa shape index (κ2) is 7.30. The molecule has 10 heteroatoms. The lowest BCUT2D eigenvalue weighted by atomic mass is 10.1. The summed E-state index contributed by atoms with van der Waals surface area (Å²) in [6, 6.07) is 10.1. The van der Waals surface area contributed by atoms with Crippen molar-refractivity contribution in [3.63, 3.8) is 0 Å². The maximum atomic E-state index is 12.3. The largest absolute Gasteiger partial charge is 0.298 e. The van der Waals surface area contributed by atoms with Crippen molar-refractivity contribution >= 4 is 33.8 Å². The first-order valence-electron chi connectivity index (χ1n) is 7.62. The van der Waals surface area contributed by atoms with Crippen LogP contribution in [0.25, 0.3) is 11.3 Å². The molecule has 0 aliphatic carbocycles. The number of non-ortho nitro benzene ring substituents is 1. The summed E-state index contributed by atoms with van der Waals surface area (Å²) in [6.07, 6.45) is 0. The van der Waals surface area contributed by atoms with Crippen LogP contribution in [0.1, 0.15) is 15.9 Å². The maximum Gasteiger partial charge on any atom is 0.272 e. The fourth-order valence-electron chi connectivity index (χ4n) is 2.41. The minimum absolute atomic E-state index is 0.0487.